The van der Waals surface area contributed by atoms with Gasteiger partial charge in [0, 0.05) is 25.5 Å². The molecule has 106 valence electrons. The molecule has 2 N–H and O–H groups in total. The molecule has 0 spiro atoms. The Morgan fingerprint density at radius 1 is 1.10 bits per heavy atom. The summed E-state index contributed by atoms with van der Waals surface area (Å²) < 4.78 is 5.19. The monoisotopic (exact) mass is 272 g/mol. The van der Waals surface area contributed by atoms with Gasteiger partial charge in [0.2, 0.25) is 0 Å². The smallest absolute Gasteiger partial charge is 0.0698 e. The first-order chi connectivity index (χ1) is 9.90. The molecular weight excluding hydrogens is 252 g/mol. The maximum atomic E-state index is 8.59. The van der Waals surface area contributed by atoms with E-state index in [1.807, 2.05) is 12.3 Å². The maximum Gasteiger partial charge on any atom is 0.0698 e. The lowest BCUT2D eigenvalue weighted by Crippen LogP contribution is -2.20. The van der Waals surface area contributed by atoms with E-state index in [2.05, 4.69) is 40.6 Å². The van der Waals surface area contributed by atoms with Gasteiger partial charge in [0.05, 0.1) is 19.8 Å². The Hall–Kier alpha value is -1.75. The van der Waals surface area contributed by atoms with Crippen molar-refractivity contribution in [3.63, 3.8) is 0 Å². The van der Waals surface area contributed by atoms with Gasteiger partial charge in [-0.15, -0.1) is 0 Å². The van der Waals surface area contributed by atoms with Crippen molar-refractivity contribution in [2.24, 2.45) is 0 Å². The predicted octanol–water partition coefficient (Wildman–Crippen LogP) is 1.85. The van der Waals surface area contributed by atoms with Crippen LogP contribution in [-0.4, -0.2) is 36.5 Å². The summed E-state index contributed by atoms with van der Waals surface area (Å²) in [6.07, 6.45) is 3.65. The quantitative estimate of drug-likeness (QED) is 0.720. The van der Waals surface area contributed by atoms with Gasteiger partial charge in [-0.3, -0.25) is 4.98 Å². The molecule has 2 aromatic rings. The normalized spacial score (nSPS) is 10.7. The number of nitrogens with zero attached hydrogens (tertiary/aromatic N) is 1. The molecule has 20 heavy (non-hydrogen) atoms. The summed E-state index contributed by atoms with van der Waals surface area (Å²) in [5.41, 5.74) is 3.53. The number of nitrogens with one attached hydrogen (secondary N) is 1. The average Bonchev–Trinajstić information content (AvgIpc) is 2.52. The molecule has 1 aromatic heterocycles. The van der Waals surface area contributed by atoms with E-state index >= 15 is 0 Å². The zero-order valence-electron chi connectivity index (χ0n) is 11.5. The number of pyridine rings is 1. The molecule has 0 saturated heterocycles. The van der Waals surface area contributed by atoms with Crippen molar-refractivity contribution in [2.75, 3.05) is 26.4 Å². The SMILES string of the molecule is OCCOCCNCc1cccc(-c2cccnc2)c1. The van der Waals surface area contributed by atoms with Gasteiger partial charge in [-0.2, -0.15) is 0 Å². The number of rotatable bonds is 8. The molecule has 0 aliphatic rings. The summed E-state index contributed by atoms with van der Waals surface area (Å²) in [4.78, 5) is 4.14. The van der Waals surface area contributed by atoms with Gasteiger partial charge in [0.15, 0.2) is 0 Å². The fourth-order valence-corrected chi connectivity index (χ4v) is 1.94. The Labute approximate surface area is 119 Å². The minimum atomic E-state index is 0.0765. The van der Waals surface area contributed by atoms with E-state index in [4.69, 9.17) is 9.84 Å². The van der Waals surface area contributed by atoms with E-state index in [1.54, 1.807) is 6.20 Å². The third-order valence-electron chi connectivity index (χ3n) is 2.91. The topological polar surface area (TPSA) is 54.4 Å². The molecule has 0 atom stereocenters. The number of aromatic nitrogens is 1. The van der Waals surface area contributed by atoms with Crippen LogP contribution in [0.5, 0.6) is 0 Å². The van der Waals surface area contributed by atoms with Crippen LogP contribution in [0.1, 0.15) is 5.56 Å². The first-order valence-electron chi connectivity index (χ1n) is 6.79. The van der Waals surface area contributed by atoms with Crippen LogP contribution in [0.15, 0.2) is 48.8 Å². The summed E-state index contributed by atoms with van der Waals surface area (Å²) in [5.74, 6) is 0. The van der Waals surface area contributed by atoms with Gasteiger partial charge < -0.3 is 15.2 Å². The lowest BCUT2D eigenvalue weighted by molar-refractivity contribution is 0.0938. The highest BCUT2D eigenvalue weighted by Crippen LogP contribution is 2.18. The van der Waals surface area contributed by atoms with Crippen LogP contribution in [0.25, 0.3) is 11.1 Å². The van der Waals surface area contributed by atoms with Gasteiger partial charge >= 0.3 is 0 Å². The van der Waals surface area contributed by atoms with Crippen LogP contribution in [0.3, 0.4) is 0 Å². The van der Waals surface area contributed by atoms with E-state index in [0.29, 0.717) is 13.2 Å². The molecule has 1 heterocycles. The molecule has 0 saturated carbocycles. The Morgan fingerprint density at radius 2 is 2.00 bits per heavy atom. The van der Waals surface area contributed by atoms with Crippen LogP contribution in [0.4, 0.5) is 0 Å². The largest absolute Gasteiger partial charge is 0.394 e. The molecule has 4 heteroatoms. The van der Waals surface area contributed by atoms with Gasteiger partial charge in [0.1, 0.15) is 0 Å². The molecule has 4 nitrogen and oxygen atoms in total. The standard InChI is InChI=1S/C16H20N2O2/c19-8-10-20-9-7-18-12-14-3-1-4-15(11-14)16-5-2-6-17-13-16/h1-6,11,13,18-19H,7-10,12H2. The van der Waals surface area contributed by atoms with E-state index in [0.717, 1.165) is 18.7 Å². The maximum absolute atomic E-state index is 8.59. The summed E-state index contributed by atoms with van der Waals surface area (Å²) >= 11 is 0. The fourth-order valence-electron chi connectivity index (χ4n) is 1.94. The van der Waals surface area contributed by atoms with Crippen molar-refractivity contribution in [3.05, 3.63) is 54.4 Å². The van der Waals surface area contributed by atoms with Crippen LogP contribution >= 0.6 is 0 Å². The molecular formula is C16H20N2O2. The fraction of sp³-hybridized carbons (Fsp3) is 0.312. The van der Waals surface area contributed by atoms with Crippen LogP contribution < -0.4 is 5.32 Å². The number of benzene rings is 1. The molecule has 0 aliphatic carbocycles. The summed E-state index contributed by atoms with van der Waals surface area (Å²) in [6, 6.07) is 12.4. The highest BCUT2D eigenvalue weighted by atomic mass is 16.5. The van der Waals surface area contributed by atoms with E-state index in [1.165, 1.54) is 11.1 Å². The Kier molecular flexibility index (Phi) is 6.17. The van der Waals surface area contributed by atoms with Crippen LogP contribution in [0.2, 0.25) is 0 Å². The van der Waals surface area contributed by atoms with Gasteiger partial charge in [-0.05, 0) is 28.8 Å². The van der Waals surface area contributed by atoms with Crippen LogP contribution in [-0.2, 0) is 11.3 Å². The van der Waals surface area contributed by atoms with Crippen molar-refractivity contribution in [1.29, 1.82) is 0 Å². The van der Waals surface area contributed by atoms with Crippen molar-refractivity contribution in [2.45, 2.75) is 6.54 Å². The van der Waals surface area contributed by atoms with Gasteiger partial charge in [-0.25, -0.2) is 0 Å². The first kappa shape index (κ1) is 14.7. The van der Waals surface area contributed by atoms with Gasteiger partial charge in [0.25, 0.3) is 0 Å². The highest BCUT2D eigenvalue weighted by molar-refractivity contribution is 5.62. The minimum Gasteiger partial charge on any atom is -0.394 e. The first-order valence-corrected chi connectivity index (χ1v) is 6.79. The lowest BCUT2D eigenvalue weighted by atomic mass is 10.0. The summed E-state index contributed by atoms with van der Waals surface area (Å²) in [7, 11) is 0. The summed E-state index contributed by atoms with van der Waals surface area (Å²) in [6.45, 7) is 2.67. The minimum absolute atomic E-state index is 0.0765. The van der Waals surface area contributed by atoms with Crippen molar-refractivity contribution < 1.29 is 9.84 Å². The Balaban J connectivity index is 1.84. The zero-order valence-corrected chi connectivity index (χ0v) is 11.5. The van der Waals surface area contributed by atoms with Gasteiger partial charge in [-0.1, -0.05) is 24.3 Å². The van der Waals surface area contributed by atoms with E-state index in [9.17, 15) is 0 Å². The number of aliphatic hydroxyl groups excluding tert-OH is 1. The second-order valence-corrected chi connectivity index (χ2v) is 4.45. The molecule has 0 bridgehead atoms. The highest BCUT2D eigenvalue weighted by Gasteiger charge is 1.99. The van der Waals surface area contributed by atoms with E-state index < -0.39 is 0 Å². The summed E-state index contributed by atoms with van der Waals surface area (Å²) in [5, 5.41) is 11.9. The predicted molar refractivity (Wildman–Crippen MR) is 79.3 cm³/mol. The molecule has 0 amide bonds. The lowest BCUT2D eigenvalue weighted by Gasteiger charge is -2.07. The number of aliphatic hydroxyl groups is 1. The molecule has 0 fully saturated rings. The number of hydrogen-bond donors (Lipinski definition) is 2. The van der Waals surface area contributed by atoms with E-state index in [-0.39, 0.29) is 6.61 Å². The Morgan fingerprint density at radius 3 is 2.80 bits per heavy atom. The second-order valence-electron chi connectivity index (χ2n) is 4.45. The average molecular weight is 272 g/mol. The molecule has 0 radical (unpaired) electrons. The van der Waals surface area contributed by atoms with Crippen molar-refractivity contribution in [3.8, 4) is 11.1 Å². The Bertz CT molecular complexity index is 503. The van der Waals surface area contributed by atoms with Crippen LogP contribution in [0, 0.1) is 0 Å². The molecule has 0 unspecified atom stereocenters. The molecule has 2 rings (SSSR count). The third kappa shape index (κ3) is 4.74. The molecule has 1 aromatic carbocycles. The third-order valence-corrected chi connectivity index (χ3v) is 2.91. The second kappa shape index (κ2) is 8.43. The molecule has 0 aliphatic heterocycles. The number of ether oxygens (including phenoxy) is 1. The van der Waals surface area contributed by atoms with Crippen molar-refractivity contribution >= 4 is 0 Å². The number of hydrogen-bond acceptors (Lipinski definition) is 4. The zero-order chi connectivity index (χ0) is 14.0. The van der Waals surface area contributed by atoms with Crippen molar-refractivity contribution in [1.82, 2.24) is 10.3 Å².